The number of nitrogens with zero attached hydrogens (tertiary/aromatic N) is 4. The van der Waals surface area contributed by atoms with Crippen LogP contribution in [0.3, 0.4) is 0 Å². The smallest absolute Gasteiger partial charge is 0.224 e. The van der Waals surface area contributed by atoms with Gasteiger partial charge in [-0.3, -0.25) is 14.7 Å². The number of hydrogen-bond acceptors (Lipinski definition) is 7. The Hall–Kier alpha value is -3.27. The quantitative estimate of drug-likeness (QED) is 0.414. The molecule has 1 aliphatic carbocycles. The van der Waals surface area contributed by atoms with Crippen molar-refractivity contribution in [2.45, 2.75) is 38.9 Å². The fourth-order valence-electron chi connectivity index (χ4n) is 5.12. The summed E-state index contributed by atoms with van der Waals surface area (Å²) in [6, 6.07) is 11.6. The Kier molecular flexibility index (Phi) is 5.99. The summed E-state index contributed by atoms with van der Waals surface area (Å²) < 4.78 is 7.26. The fraction of sp³-hybridized carbons (Fsp3) is 0.308. The molecule has 0 unspecified atom stereocenters. The van der Waals surface area contributed by atoms with Crippen molar-refractivity contribution in [3.8, 4) is 10.9 Å². The summed E-state index contributed by atoms with van der Waals surface area (Å²) in [5, 5.41) is 17.3. The zero-order valence-electron chi connectivity index (χ0n) is 19.9. The van der Waals surface area contributed by atoms with E-state index in [4.69, 9.17) is 16.3 Å². The molecule has 36 heavy (non-hydrogen) atoms. The number of benzene rings is 1. The topological polar surface area (TPSA) is 94.0 Å². The Balaban J connectivity index is 1.30. The predicted molar refractivity (Wildman–Crippen MR) is 138 cm³/mol. The van der Waals surface area contributed by atoms with Crippen molar-refractivity contribution in [3.63, 3.8) is 0 Å². The number of nitrogens with one attached hydrogen (secondary N) is 2. The molecule has 4 aromatic rings. The molecule has 2 atom stereocenters. The first-order valence-corrected chi connectivity index (χ1v) is 13.0. The van der Waals surface area contributed by atoms with Gasteiger partial charge in [-0.05, 0) is 42.5 Å². The van der Waals surface area contributed by atoms with Gasteiger partial charge in [0.1, 0.15) is 10.8 Å². The first-order valence-electron chi connectivity index (χ1n) is 11.8. The average Bonchev–Trinajstić information content (AvgIpc) is 3.54. The first-order chi connectivity index (χ1) is 17.5. The van der Waals surface area contributed by atoms with Gasteiger partial charge in [0.25, 0.3) is 0 Å². The minimum absolute atomic E-state index is 0.0556. The molecule has 1 aliphatic heterocycles. The van der Waals surface area contributed by atoms with Gasteiger partial charge in [0.05, 0.1) is 19.7 Å². The van der Waals surface area contributed by atoms with Crippen molar-refractivity contribution in [3.05, 3.63) is 86.4 Å². The first kappa shape index (κ1) is 23.1. The van der Waals surface area contributed by atoms with Crippen molar-refractivity contribution in [1.82, 2.24) is 30.4 Å². The van der Waals surface area contributed by atoms with E-state index in [9.17, 15) is 4.79 Å². The zero-order valence-corrected chi connectivity index (χ0v) is 21.5. The molecule has 2 N–H and O–H groups in total. The number of rotatable bonds is 5. The molecule has 4 heterocycles. The molecule has 8 nitrogen and oxygen atoms in total. The molecule has 2 aliphatic rings. The lowest BCUT2D eigenvalue weighted by atomic mass is 9.95. The number of halogens is 1. The number of carbonyl (C=O) groups is 1. The molecule has 184 valence electrons. The SMILES string of the molecule is COc1ccc(CNC(=O)[C@@H]2Cc3sc4c(c3C2)[C@H](c2ccccc2Cl)NCc2nnc(C)n2-4)cn1. The van der Waals surface area contributed by atoms with Gasteiger partial charge in [-0.1, -0.05) is 35.9 Å². The van der Waals surface area contributed by atoms with Crippen molar-refractivity contribution < 1.29 is 9.53 Å². The molecular formula is C26H25ClN6O2S. The number of thiophene rings is 1. The van der Waals surface area contributed by atoms with E-state index in [1.54, 1.807) is 30.7 Å². The zero-order chi connectivity index (χ0) is 24.8. The largest absolute Gasteiger partial charge is 0.481 e. The lowest BCUT2D eigenvalue weighted by Gasteiger charge is -2.20. The van der Waals surface area contributed by atoms with Crippen molar-refractivity contribution >= 4 is 28.8 Å². The second-order valence-corrected chi connectivity index (χ2v) is 10.6. The molecule has 6 rings (SSSR count). The lowest BCUT2D eigenvalue weighted by Crippen LogP contribution is -2.31. The van der Waals surface area contributed by atoms with E-state index < -0.39 is 0 Å². The summed E-state index contributed by atoms with van der Waals surface area (Å²) in [5.41, 5.74) is 4.38. The van der Waals surface area contributed by atoms with E-state index in [1.807, 2.05) is 31.2 Å². The van der Waals surface area contributed by atoms with E-state index in [0.29, 0.717) is 31.8 Å². The van der Waals surface area contributed by atoms with Crippen LogP contribution in [0.2, 0.25) is 5.02 Å². The van der Waals surface area contributed by atoms with Gasteiger partial charge in [-0.25, -0.2) is 4.98 Å². The number of methoxy groups -OCH3 is 1. The third-order valence-corrected chi connectivity index (χ3v) is 8.50. The van der Waals surface area contributed by atoms with E-state index in [1.165, 1.54) is 16.0 Å². The molecule has 0 saturated carbocycles. The highest BCUT2D eigenvalue weighted by Crippen LogP contribution is 2.46. The highest BCUT2D eigenvalue weighted by atomic mass is 35.5. The molecule has 10 heteroatoms. The third-order valence-electron chi connectivity index (χ3n) is 6.90. The van der Waals surface area contributed by atoms with Crippen LogP contribution in [-0.2, 0) is 30.7 Å². The van der Waals surface area contributed by atoms with E-state index in [0.717, 1.165) is 32.8 Å². The Morgan fingerprint density at radius 1 is 1.25 bits per heavy atom. The standard InChI is InChI=1S/C26H25ClN6O2S/c1-14-31-32-21-13-29-24(17-5-3-4-6-19(17)27)23-18-9-16(10-20(18)36-26(23)33(14)21)25(34)30-12-15-7-8-22(35-2)28-11-15/h3-8,11,16,24,29H,9-10,12-13H2,1-2H3,(H,30,34)/t16-,24-/m0/s1. The second-order valence-electron chi connectivity index (χ2n) is 9.09. The number of aryl methyl sites for hydroxylation is 1. The minimum atomic E-state index is -0.112. The van der Waals surface area contributed by atoms with Crippen LogP contribution in [0, 0.1) is 12.8 Å². The molecule has 0 saturated heterocycles. The molecule has 0 fully saturated rings. The Labute approximate surface area is 217 Å². The maximum absolute atomic E-state index is 13.1. The van der Waals surface area contributed by atoms with Crippen LogP contribution in [0.1, 0.15) is 44.8 Å². The highest BCUT2D eigenvalue weighted by molar-refractivity contribution is 7.15. The Morgan fingerprint density at radius 3 is 2.89 bits per heavy atom. The van der Waals surface area contributed by atoms with Gasteiger partial charge < -0.3 is 10.1 Å². The fourth-order valence-corrected chi connectivity index (χ4v) is 6.88. The van der Waals surface area contributed by atoms with Crippen LogP contribution in [0.4, 0.5) is 0 Å². The number of aromatic nitrogens is 4. The molecule has 3 aromatic heterocycles. The van der Waals surface area contributed by atoms with Crippen molar-refractivity contribution in [2.75, 3.05) is 7.11 Å². The van der Waals surface area contributed by atoms with Crippen LogP contribution in [0.15, 0.2) is 42.6 Å². The van der Waals surface area contributed by atoms with E-state index >= 15 is 0 Å². The number of ether oxygens (including phenoxy) is 1. The summed E-state index contributed by atoms with van der Waals surface area (Å²) in [4.78, 5) is 18.6. The summed E-state index contributed by atoms with van der Waals surface area (Å²) >= 11 is 8.40. The normalized spacial score (nSPS) is 18.2. The number of carbonyl (C=O) groups excluding carboxylic acids is 1. The van der Waals surface area contributed by atoms with E-state index in [-0.39, 0.29) is 17.9 Å². The maximum Gasteiger partial charge on any atom is 0.224 e. The van der Waals surface area contributed by atoms with Crippen molar-refractivity contribution in [1.29, 1.82) is 0 Å². The van der Waals surface area contributed by atoms with Crippen LogP contribution in [0.5, 0.6) is 5.88 Å². The number of amides is 1. The molecular weight excluding hydrogens is 496 g/mol. The van der Waals surface area contributed by atoms with Crippen LogP contribution < -0.4 is 15.4 Å². The van der Waals surface area contributed by atoms with Gasteiger partial charge in [0.2, 0.25) is 11.8 Å². The van der Waals surface area contributed by atoms with Crippen LogP contribution >= 0.6 is 22.9 Å². The highest BCUT2D eigenvalue weighted by Gasteiger charge is 2.38. The lowest BCUT2D eigenvalue weighted by molar-refractivity contribution is -0.124. The summed E-state index contributed by atoms with van der Waals surface area (Å²) in [7, 11) is 1.58. The molecule has 0 bridgehead atoms. The third kappa shape index (κ3) is 3.97. The Bertz CT molecular complexity index is 1450. The molecule has 1 aromatic carbocycles. The van der Waals surface area contributed by atoms with Crippen molar-refractivity contribution in [2.24, 2.45) is 5.92 Å². The number of fused-ring (bicyclic) bond motifs is 5. The number of hydrogen-bond donors (Lipinski definition) is 2. The summed E-state index contributed by atoms with van der Waals surface area (Å²) in [6.45, 7) is 2.99. The molecule has 0 spiro atoms. The predicted octanol–water partition coefficient (Wildman–Crippen LogP) is 3.92. The maximum atomic E-state index is 13.1. The van der Waals surface area contributed by atoms with Gasteiger partial charge >= 0.3 is 0 Å². The monoisotopic (exact) mass is 520 g/mol. The van der Waals surface area contributed by atoms with Gasteiger partial charge in [-0.15, -0.1) is 21.5 Å². The summed E-state index contributed by atoms with van der Waals surface area (Å²) in [5.74, 6) is 2.24. The Morgan fingerprint density at radius 2 is 2.11 bits per heavy atom. The molecule has 0 radical (unpaired) electrons. The minimum Gasteiger partial charge on any atom is -0.481 e. The van der Waals surface area contributed by atoms with E-state index in [2.05, 4.69) is 36.4 Å². The van der Waals surface area contributed by atoms with Gasteiger partial charge in [0.15, 0.2) is 5.82 Å². The second kappa shape index (κ2) is 9.31. The van der Waals surface area contributed by atoms with Gasteiger partial charge in [-0.2, -0.15) is 0 Å². The summed E-state index contributed by atoms with van der Waals surface area (Å²) in [6.07, 6.45) is 3.13. The average molecular weight is 521 g/mol. The molecule has 1 amide bonds. The van der Waals surface area contributed by atoms with Crippen LogP contribution in [-0.4, -0.2) is 32.8 Å². The number of pyridine rings is 1. The van der Waals surface area contributed by atoms with Crippen LogP contribution in [0.25, 0.3) is 5.00 Å². The van der Waals surface area contributed by atoms with Gasteiger partial charge in [0, 0.05) is 40.2 Å².